The van der Waals surface area contributed by atoms with Crippen LogP contribution in [0.1, 0.15) is 12.5 Å². The topological polar surface area (TPSA) is 57.7 Å². The number of nitrogens with zero attached hydrogens (tertiary/aromatic N) is 3. The van der Waals surface area contributed by atoms with E-state index in [0.29, 0.717) is 0 Å². The highest BCUT2D eigenvalue weighted by molar-refractivity contribution is 5.73. The molecule has 0 spiro atoms. The Morgan fingerprint density at radius 1 is 1.48 bits per heavy atom. The average molecular weight is 332 g/mol. The van der Waals surface area contributed by atoms with Gasteiger partial charge in [-0.1, -0.05) is 6.07 Å². The molecular weight excluding hydrogens is 313 g/mol. The summed E-state index contributed by atoms with van der Waals surface area (Å²) in [6.07, 6.45) is -0.987. The van der Waals surface area contributed by atoms with Gasteiger partial charge in [-0.2, -0.15) is 13.2 Å². The first-order valence-electron chi connectivity index (χ1n) is 7.21. The van der Waals surface area contributed by atoms with Gasteiger partial charge in [0.25, 0.3) is 0 Å². The fraction of sp³-hybridized carbons (Fsp3) is 0.571. The molecule has 0 aliphatic carbocycles. The zero-order valence-corrected chi connectivity index (χ0v) is 12.7. The van der Waals surface area contributed by atoms with Gasteiger partial charge in [-0.15, -0.1) is 0 Å². The molecule has 1 aliphatic heterocycles. The first-order chi connectivity index (χ1) is 10.8. The highest BCUT2D eigenvalue weighted by Crippen LogP contribution is 2.20. The molecule has 0 saturated carbocycles. The summed E-state index contributed by atoms with van der Waals surface area (Å²) in [5.74, 6) is 0. The van der Waals surface area contributed by atoms with Crippen LogP contribution in [-0.4, -0.2) is 59.2 Å². The molecule has 2 heterocycles. The van der Waals surface area contributed by atoms with Crippen LogP contribution in [0.5, 0.6) is 0 Å². The number of rotatable bonds is 4. The van der Waals surface area contributed by atoms with Crippen LogP contribution in [0.2, 0.25) is 0 Å². The zero-order chi connectivity index (χ0) is 16.9. The highest BCUT2D eigenvalue weighted by atomic mass is 19.4. The Balaban J connectivity index is 1.74. The third kappa shape index (κ3) is 5.68. The van der Waals surface area contributed by atoms with E-state index in [2.05, 4.69) is 10.5 Å². The van der Waals surface area contributed by atoms with E-state index in [1.54, 1.807) is 31.5 Å². The van der Waals surface area contributed by atoms with E-state index in [1.807, 2.05) is 0 Å². The molecule has 1 N–H and O–H groups in total. The van der Waals surface area contributed by atoms with E-state index in [0.717, 1.165) is 5.56 Å². The second-order valence-electron chi connectivity index (χ2n) is 5.44. The summed E-state index contributed by atoms with van der Waals surface area (Å²) in [6, 6.07) is 2.74. The van der Waals surface area contributed by atoms with Crippen LogP contribution in [0, 0.1) is 0 Å². The number of carbonyl (C=O) groups is 1. The van der Waals surface area contributed by atoms with Crippen molar-refractivity contribution in [3.63, 3.8) is 0 Å². The van der Waals surface area contributed by atoms with Gasteiger partial charge in [0.1, 0.15) is 6.61 Å². The Bertz CT molecular complexity index is 512. The molecular formula is C14H19F3N4O2. The molecule has 2 rings (SSSR count). The number of hydrogen-bond donors (Lipinski definition) is 1. The van der Waals surface area contributed by atoms with Gasteiger partial charge in [-0.25, -0.2) is 10.3 Å². The maximum atomic E-state index is 12.4. The Hall–Kier alpha value is -1.87. The number of hydroxylamine groups is 1. The van der Waals surface area contributed by atoms with Crippen molar-refractivity contribution < 1.29 is 22.8 Å². The molecule has 23 heavy (non-hydrogen) atoms. The summed E-state index contributed by atoms with van der Waals surface area (Å²) in [4.78, 5) is 23.7. The fourth-order valence-electron chi connectivity index (χ4n) is 2.37. The van der Waals surface area contributed by atoms with Gasteiger partial charge in [0.05, 0.1) is 6.54 Å². The Morgan fingerprint density at radius 2 is 2.26 bits per heavy atom. The number of hydrogen-bond acceptors (Lipinski definition) is 4. The van der Waals surface area contributed by atoms with Crippen LogP contribution in [0.25, 0.3) is 0 Å². The minimum Gasteiger partial charge on any atom is -0.320 e. The maximum absolute atomic E-state index is 12.4. The Morgan fingerprint density at radius 3 is 2.87 bits per heavy atom. The van der Waals surface area contributed by atoms with Gasteiger partial charge < -0.3 is 4.90 Å². The molecule has 1 aliphatic rings. The van der Waals surface area contributed by atoms with Gasteiger partial charge in [-0.05, 0) is 18.6 Å². The zero-order valence-electron chi connectivity index (χ0n) is 12.7. The standard InChI is InChI=1S/C14H19F3N4O2/c1-11-8-20(5-6-21(11)10-14(15,16)17)13(22)19-23-9-12-3-2-4-18-7-12/h2-4,7,11H,5-6,8-10H2,1H3,(H,19,22)/t11-/m1/s1. The van der Waals surface area contributed by atoms with Crippen LogP contribution >= 0.6 is 0 Å². The van der Waals surface area contributed by atoms with Gasteiger partial charge in [0.2, 0.25) is 0 Å². The number of pyridine rings is 1. The van der Waals surface area contributed by atoms with Crippen molar-refractivity contribution in [1.82, 2.24) is 20.3 Å². The summed E-state index contributed by atoms with van der Waals surface area (Å²) in [5.41, 5.74) is 3.10. The first kappa shape index (κ1) is 17.5. The number of carbonyl (C=O) groups excluding carboxylic acids is 1. The molecule has 1 fully saturated rings. The molecule has 1 atom stereocenters. The number of urea groups is 1. The Kier molecular flexibility index (Phi) is 5.78. The molecule has 1 aromatic rings. The van der Waals surface area contributed by atoms with Crippen molar-refractivity contribution in [2.75, 3.05) is 26.2 Å². The number of halogens is 3. The van der Waals surface area contributed by atoms with Crippen LogP contribution in [-0.2, 0) is 11.4 Å². The number of piperazine rings is 1. The number of alkyl halides is 3. The van der Waals surface area contributed by atoms with Crippen molar-refractivity contribution in [2.45, 2.75) is 25.7 Å². The van der Waals surface area contributed by atoms with Crippen LogP contribution in [0.4, 0.5) is 18.0 Å². The fourth-order valence-corrected chi connectivity index (χ4v) is 2.37. The highest BCUT2D eigenvalue weighted by Gasteiger charge is 2.35. The van der Waals surface area contributed by atoms with Crippen molar-refractivity contribution in [1.29, 1.82) is 0 Å². The molecule has 0 unspecified atom stereocenters. The summed E-state index contributed by atoms with van der Waals surface area (Å²) in [7, 11) is 0. The van der Waals surface area contributed by atoms with Crippen molar-refractivity contribution in [3.05, 3.63) is 30.1 Å². The quantitative estimate of drug-likeness (QED) is 0.854. The molecule has 9 heteroatoms. The van der Waals surface area contributed by atoms with Gasteiger partial charge in [0, 0.05) is 38.1 Å². The predicted molar refractivity (Wildman–Crippen MR) is 76.2 cm³/mol. The predicted octanol–water partition coefficient (Wildman–Crippen LogP) is 1.79. The first-order valence-corrected chi connectivity index (χ1v) is 7.21. The average Bonchev–Trinajstić information content (AvgIpc) is 2.49. The smallest absolute Gasteiger partial charge is 0.320 e. The molecule has 1 aromatic heterocycles. The van der Waals surface area contributed by atoms with Crippen molar-refractivity contribution >= 4 is 6.03 Å². The SMILES string of the molecule is C[C@@H]1CN(C(=O)NOCc2cccnc2)CCN1CC(F)(F)F. The molecule has 128 valence electrons. The van der Waals surface area contributed by atoms with Crippen molar-refractivity contribution in [2.24, 2.45) is 0 Å². The van der Waals surface area contributed by atoms with E-state index < -0.39 is 18.8 Å². The second-order valence-corrected chi connectivity index (χ2v) is 5.44. The van der Waals surface area contributed by atoms with Crippen LogP contribution in [0.3, 0.4) is 0 Å². The van der Waals surface area contributed by atoms with E-state index in [1.165, 1.54) is 9.80 Å². The third-order valence-corrected chi connectivity index (χ3v) is 3.56. The lowest BCUT2D eigenvalue weighted by atomic mass is 10.2. The molecule has 6 nitrogen and oxygen atoms in total. The summed E-state index contributed by atoms with van der Waals surface area (Å²) in [5, 5.41) is 0. The van der Waals surface area contributed by atoms with E-state index >= 15 is 0 Å². The van der Waals surface area contributed by atoms with Crippen molar-refractivity contribution in [3.8, 4) is 0 Å². The maximum Gasteiger partial charge on any atom is 0.401 e. The van der Waals surface area contributed by atoms with Gasteiger partial charge >= 0.3 is 12.2 Å². The number of amides is 2. The number of nitrogens with one attached hydrogen (secondary N) is 1. The normalized spacial score (nSPS) is 19.7. The van der Waals surface area contributed by atoms with E-state index in [9.17, 15) is 18.0 Å². The third-order valence-electron chi connectivity index (χ3n) is 3.56. The van der Waals surface area contributed by atoms with E-state index in [-0.39, 0.29) is 32.3 Å². The molecule has 0 radical (unpaired) electrons. The lowest BCUT2D eigenvalue weighted by molar-refractivity contribution is -0.154. The van der Waals surface area contributed by atoms with E-state index in [4.69, 9.17) is 4.84 Å². The summed E-state index contributed by atoms with van der Waals surface area (Å²) < 4.78 is 37.3. The second kappa shape index (κ2) is 7.60. The minimum atomic E-state index is -4.23. The minimum absolute atomic E-state index is 0.170. The van der Waals surface area contributed by atoms with Crippen LogP contribution < -0.4 is 5.48 Å². The van der Waals surface area contributed by atoms with Gasteiger partial charge in [-0.3, -0.25) is 14.7 Å². The summed E-state index contributed by atoms with van der Waals surface area (Å²) in [6.45, 7) is 1.50. The lowest BCUT2D eigenvalue weighted by Crippen LogP contribution is -2.57. The molecule has 2 amide bonds. The van der Waals surface area contributed by atoms with Crippen LogP contribution in [0.15, 0.2) is 24.5 Å². The monoisotopic (exact) mass is 332 g/mol. The summed E-state index contributed by atoms with van der Waals surface area (Å²) >= 11 is 0. The molecule has 1 saturated heterocycles. The lowest BCUT2D eigenvalue weighted by Gasteiger charge is -2.39. The molecule has 0 bridgehead atoms. The number of aromatic nitrogens is 1. The van der Waals surface area contributed by atoms with Gasteiger partial charge in [0.15, 0.2) is 0 Å². The largest absolute Gasteiger partial charge is 0.401 e. The molecule has 0 aromatic carbocycles. The Labute approximate surface area is 132 Å².